The molecule has 0 fully saturated rings. The van der Waals surface area contributed by atoms with Crippen LogP contribution in [0, 0.1) is 0 Å². The Bertz CT molecular complexity index is 540. The van der Waals surface area contributed by atoms with Gasteiger partial charge in [0.15, 0.2) is 0 Å². The Hall–Kier alpha value is -1.33. The number of rotatable bonds is 1. The summed E-state index contributed by atoms with van der Waals surface area (Å²) in [6, 6.07) is 4.75. The molecule has 5 nitrogen and oxygen atoms in total. The summed E-state index contributed by atoms with van der Waals surface area (Å²) < 4.78 is 2.24. The summed E-state index contributed by atoms with van der Waals surface area (Å²) in [5.74, 6) is 0. The smallest absolute Gasteiger partial charge is 0.244 e. The van der Waals surface area contributed by atoms with Gasteiger partial charge in [0.2, 0.25) is 0 Å². The molecule has 0 saturated heterocycles. The zero-order valence-corrected chi connectivity index (χ0v) is 9.20. The first kappa shape index (κ1) is 10.2. The van der Waals surface area contributed by atoms with Gasteiger partial charge in [0.05, 0.1) is 5.69 Å². The van der Waals surface area contributed by atoms with Crippen molar-refractivity contribution in [2.24, 2.45) is 7.05 Å². The molecule has 2 aromatic rings. The number of hydrogen-bond acceptors (Lipinski definition) is 3. The molecule has 1 heterocycles. The second kappa shape index (κ2) is 3.67. The highest BCUT2D eigenvalue weighted by molar-refractivity contribution is 6.34. The first-order valence-corrected chi connectivity index (χ1v) is 4.79. The molecule has 1 aromatic carbocycles. The predicted octanol–water partition coefficient (Wildman–Crippen LogP) is 1.27. The fourth-order valence-corrected chi connectivity index (χ4v) is 1.65. The van der Waals surface area contributed by atoms with Crippen molar-refractivity contribution in [3.8, 4) is 5.69 Å². The van der Waals surface area contributed by atoms with Crippen molar-refractivity contribution in [1.29, 1.82) is 0 Å². The summed E-state index contributed by atoms with van der Waals surface area (Å²) in [4.78, 5) is 11.5. The first-order valence-electron chi connectivity index (χ1n) is 4.03. The number of aromatic nitrogens is 4. The van der Waals surface area contributed by atoms with Crippen molar-refractivity contribution in [3.63, 3.8) is 0 Å². The van der Waals surface area contributed by atoms with E-state index in [0.29, 0.717) is 15.7 Å². The lowest BCUT2D eigenvalue weighted by Crippen LogP contribution is -2.21. The minimum Gasteiger partial charge on any atom is -0.244 e. The average Bonchev–Trinajstić information content (AvgIpc) is 2.46. The molecule has 0 aliphatic rings. The minimum atomic E-state index is -0.353. The van der Waals surface area contributed by atoms with Crippen LogP contribution in [0.25, 0.3) is 5.69 Å². The van der Waals surface area contributed by atoms with Crippen LogP contribution in [0.5, 0.6) is 0 Å². The highest BCUT2D eigenvalue weighted by Crippen LogP contribution is 2.20. The molecular weight excluding hydrogens is 239 g/mol. The van der Waals surface area contributed by atoms with Crippen molar-refractivity contribution in [3.05, 3.63) is 38.7 Å². The van der Waals surface area contributed by atoms with E-state index in [1.807, 2.05) is 0 Å². The number of benzene rings is 1. The number of halogens is 2. The number of hydrogen-bond donors (Lipinski definition) is 0. The van der Waals surface area contributed by atoms with Crippen LogP contribution in [0.2, 0.25) is 10.0 Å². The van der Waals surface area contributed by atoms with Gasteiger partial charge in [-0.15, -0.1) is 0 Å². The van der Waals surface area contributed by atoms with Gasteiger partial charge < -0.3 is 0 Å². The molecule has 0 N–H and O–H groups in total. The molecular formula is C8H6Cl2N4O. The number of nitrogens with zero attached hydrogens (tertiary/aromatic N) is 4. The molecule has 0 atom stereocenters. The van der Waals surface area contributed by atoms with Gasteiger partial charge in [-0.25, -0.2) is 4.79 Å². The van der Waals surface area contributed by atoms with Gasteiger partial charge in [0.1, 0.15) is 0 Å². The van der Waals surface area contributed by atoms with E-state index in [9.17, 15) is 4.79 Å². The summed E-state index contributed by atoms with van der Waals surface area (Å²) >= 11 is 11.6. The van der Waals surface area contributed by atoms with Crippen LogP contribution in [0.15, 0.2) is 23.0 Å². The monoisotopic (exact) mass is 244 g/mol. The highest BCUT2D eigenvalue weighted by atomic mass is 35.5. The molecule has 78 valence electrons. The van der Waals surface area contributed by atoms with E-state index in [1.54, 1.807) is 18.2 Å². The fraction of sp³-hybridized carbons (Fsp3) is 0.125. The lowest BCUT2D eigenvalue weighted by molar-refractivity contribution is 0.693. The van der Waals surface area contributed by atoms with Crippen LogP contribution in [0.1, 0.15) is 0 Å². The Labute approximate surface area is 94.8 Å². The lowest BCUT2D eigenvalue weighted by Gasteiger charge is -1.99. The zero-order valence-electron chi connectivity index (χ0n) is 7.69. The molecule has 0 unspecified atom stereocenters. The van der Waals surface area contributed by atoms with Crippen molar-refractivity contribution >= 4 is 23.2 Å². The second-order valence-corrected chi connectivity index (χ2v) is 3.80. The number of tetrazole rings is 1. The maximum atomic E-state index is 11.5. The van der Waals surface area contributed by atoms with Gasteiger partial charge in [-0.2, -0.15) is 9.36 Å². The van der Waals surface area contributed by atoms with Gasteiger partial charge in [-0.1, -0.05) is 23.2 Å². The van der Waals surface area contributed by atoms with Crippen molar-refractivity contribution in [2.75, 3.05) is 0 Å². The first-order chi connectivity index (χ1) is 7.08. The molecule has 0 aliphatic heterocycles. The van der Waals surface area contributed by atoms with Crippen LogP contribution in [0.4, 0.5) is 0 Å². The molecule has 0 bridgehead atoms. The normalized spacial score (nSPS) is 10.6. The zero-order chi connectivity index (χ0) is 11.0. The summed E-state index contributed by atoms with van der Waals surface area (Å²) in [6.45, 7) is 0. The van der Waals surface area contributed by atoms with Crippen LogP contribution >= 0.6 is 23.2 Å². The minimum absolute atomic E-state index is 0.353. The van der Waals surface area contributed by atoms with Gasteiger partial charge in [0, 0.05) is 17.1 Å². The van der Waals surface area contributed by atoms with E-state index in [4.69, 9.17) is 23.2 Å². The van der Waals surface area contributed by atoms with Crippen molar-refractivity contribution in [1.82, 2.24) is 19.8 Å². The van der Waals surface area contributed by atoms with Gasteiger partial charge in [0.25, 0.3) is 0 Å². The van der Waals surface area contributed by atoms with Crippen molar-refractivity contribution < 1.29 is 0 Å². The van der Waals surface area contributed by atoms with Crippen LogP contribution in [-0.2, 0) is 7.05 Å². The molecule has 0 amide bonds. The Morgan fingerprint density at radius 2 is 1.73 bits per heavy atom. The van der Waals surface area contributed by atoms with Gasteiger partial charge >= 0.3 is 5.69 Å². The summed E-state index contributed by atoms with van der Waals surface area (Å²) in [7, 11) is 1.51. The molecule has 0 aliphatic carbocycles. The lowest BCUT2D eigenvalue weighted by atomic mass is 10.3. The maximum absolute atomic E-state index is 11.5. The molecule has 1 aromatic heterocycles. The molecule has 2 rings (SSSR count). The molecule has 0 spiro atoms. The van der Waals surface area contributed by atoms with Crippen LogP contribution in [0.3, 0.4) is 0 Å². The Morgan fingerprint density at radius 3 is 2.20 bits per heavy atom. The third kappa shape index (κ3) is 1.88. The largest absolute Gasteiger partial charge is 0.368 e. The summed E-state index contributed by atoms with van der Waals surface area (Å²) in [6.07, 6.45) is 0. The van der Waals surface area contributed by atoms with E-state index in [2.05, 4.69) is 10.4 Å². The highest BCUT2D eigenvalue weighted by Gasteiger charge is 2.07. The van der Waals surface area contributed by atoms with E-state index >= 15 is 0 Å². The fourth-order valence-electron chi connectivity index (χ4n) is 1.14. The van der Waals surface area contributed by atoms with E-state index < -0.39 is 0 Å². The maximum Gasteiger partial charge on any atom is 0.368 e. The third-order valence-corrected chi connectivity index (χ3v) is 2.25. The summed E-state index contributed by atoms with van der Waals surface area (Å²) in [5.41, 5.74) is 0.138. The van der Waals surface area contributed by atoms with E-state index in [1.165, 1.54) is 7.05 Å². The van der Waals surface area contributed by atoms with E-state index in [0.717, 1.165) is 9.36 Å². The third-order valence-electron chi connectivity index (χ3n) is 1.81. The molecule has 0 radical (unpaired) electrons. The van der Waals surface area contributed by atoms with Crippen molar-refractivity contribution in [2.45, 2.75) is 0 Å². The predicted molar refractivity (Wildman–Crippen MR) is 56.6 cm³/mol. The second-order valence-electron chi connectivity index (χ2n) is 2.92. The van der Waals surface area contributed by atoms with Crippen LogP contribution in [-0.4, -0.2) is 19.8 Å². The topological polar surface area (TPSA) is 52.7 Å². The molecule has 0 saturated carbocycles. The quantitative estimate of drug-likeness (QED) is 0.760. The SMILES string of the molecule is Cn1nnn(-c2cc(Cl)cc(Cl)c2)c1=O. The Balaban J connectivity index is 2.64. The molecule has 15 heavy (non-hydrogen) atoms. The number of aryl methyl sites for hydroxylation is 1. The average molecular weight is 245 g/mol. The van der Waals surface area contributed by atoms with Gasteiger partial charge in [-0.3, -0.25) is 0 Å². The Kier molecular flexibility index (Phi) is 2.50. The van der Waals surface area contributed by atoms with Gasteiger partial charge in [-0.05, 0) is 28.6 Å². The Morgan fingerprint density at radius 1 is 1.13 bits per heavy atom. The van der Waals surface area contributed by atoms with Crippen LogP contribution < -0.4 is 5.69 Å². The standard InChI is InChI=1S/C8H6Cl2N4O/c1-13-8(15)14(12-11-13)7-3-5(9)2-6(10)4-7/h2-4H,1H3. The summed E-state index contributed by atoms with van der Waals surface area (Å²) in [5, 5.41) is 8.13. The molecule has 7 heteroatoms. The van der Waals surface area contributed by atoms with E-state index in [-0.39, 0.29) is 5.69 Å².